The maximum absolute atomic E-state index is 11.7. The molecule has 0 bridgehead atoms. The molecule has 0 aromatic heterocycles. The number of carbonyl (C=O) groups excluding carboxylic acids is 2. The highest BCUT2D eigenvalue weighted by atomic mass is 19.4. The van der Waals surface area contributed by atoms with Crippen LogP contribution in [-0.2, 0) is 14.3 Å². The molecule has 1 heterocycles. The third-order valence-electron chi connectivity index (χ3n) is 1.95. The van der Waals surface area contributed by atoms with Gasteiger partial charge in [0.25, 0.3) is 0 Å². The van der Waals surface area contributed by atoms with Gasteiger partial charge in [0, 0.05) is 12.6 Å². The third kappa shape index (κ3) is 4.01. The van der Waals surface area contributed by atoms with Gasteiger partial charge in [-0.1, -0.05) is 0 Å². The van der Waals surface area contributed by atoms with Crippen LogP contribution in [0.2, 0.25) is 0 Å². The Hall–Kier alpha value is -1.37. The van der Waals surface area contributed by atoms with Crippen molar-refractivity contribution in [1.29, 1.82) is 0 Å². The summed E-state index contributed by atoms with van der Waals surface area (Å²) >= 11 is 0. The summed E-state index contributed by atoms with van der Waals surface area (Å²) in [5, 5.41) is 2.94. The zero-order chi connectivity index (χ0) is 12.2. The second kappa shape index (κ2) is 5.11. The van der Waals surface area contributed by atoms with Crippen LogP contribution in [0.1, 0.15) is 12.8 Å². The molecule has 1 fully saturated rings. The van der Waals surface area contributed by atoms with Crippen LogP contribution in [0.25, 0.3) is 0 Å². The van der Waals surface area contributed by atoms with Crippen molar-refractivity contribution < 1.29 is 27.5 Å². The summed E-state index contributed by atoms with van der Waals surface area (Å²) in [6.07, 6.45) is -2.80. The molecule has 16 heavy (non-hydrogen) atoms. The van der Waals surface area contributed by atoms with Crippen molar-refractivity contribution in [2.24, 2.45) is 0 Å². The van der Waals surface area contributed by atoms with Crippen molar-refractivity contribution in [2.45, 2.75) is 19.0 Å². The minimum atomic E-state index is -5.14. The van der Waals surface area contributed by atoms with E-state index in [-0.39, 0.29) is 0 Å². The summed E-state index contributed by atoms with van der Waals surface area (Å²) in [5.74, 6) is -3.76. The first-order valence-corrected chi connectivity index (χ1v) is 4.63. The minimum absolute atomic E-state index is 0.426. The van der Waals surface area contributed by atoms with Crippen molar-refractivity contribution in [3.05, 3.63) is 11.6 Å². The number of piperidine rings is 1. The zero-order valence-electron chi connectivity index (χ0n) is 8.26. The van der Waals surface area contributed by atoms with Gasteiger partial charge in [-0.15, -0.1) is 0 Å². The molecule has 0 atom stereocenters. The molecule has 4 nitrogen and oxygen atoms in total. The van der Waals surface area contributed by atoms with Crippen molar-refractivity contribution in [2.75, 3.05) is 13.1 Å². The van der Waals surface area contributed by atoms with Crippen LogP contribution in [0.5, 0.6) is 0 Å². The zero-order valence-corrected chi connectivity index (χ0v) is 8.26. The van der Waals surface area contributed by atoms with Gasteiger partial charge >= 0.3 is 18.1 Å². The van der Waals surface area contributed by atoms with Crippen LogP contribution in [0.3, 0.4) is 0 Å². The number of nitrogens with one attached hydrogen (secondary N) is 1. The van der Waals surface area contributed by atoms with Gasteiger partial charge in [-0.05, 0) is 25.0 Å². The van der Waals surface area contributed by atoms with Crippen molar-refractivity contribution in [1.82, 2.24) is 5.32 Å². The fraction of sp³-hybridized carbons (Fsp3) is 0.556. The highest BCUT2D eigenvalue weighted by Gasteiger charge is 2.42. The number of alkyl halides is 3. The number of esters is 2. The van der Waals surface area contributed by atoms with Gasteiger partial charge < -0.3 is 10.1 Å². The van der Waals surface area contributed by atoms with Gasteiger partial charge in [0.05, 0.1) is 0 Å². The molecule has 0 amide bonds. The Morgan fingerprint density at radius 3 is 2.56 bits per heavy atom. The van der Waals surface area contributed by atoms with Gasteiger partial charge in [0.15, 0.2) is 0 Å². The quantitative estimate of drug-likeness (QED) is 0.418. The Labute approximate surface area is 89.4 Å². The van der Waals surface area contributed by atoms with Crippen molar-refractivity contribution in [3.63, 3.8) is 0 Å². The molecule has 0 aliphatic carbocycles. The lowest BCUT2D eigenvalue weighted by Gasteiger charge is -2.14. The van der Waals surface area contributed by atoms with Crippen molar-refractivity contribution in [3.8, 4) is 0 Å². The van der Waals surface area contributed by atoms with Crippen molar-refractivity contribution >= 4 is 11.9 Å². The van der Waals surface area contributed by atoms with Gasteiger partial charge in [0.1, 0.15) is 0 Å². The Balaban J connectivity index is 2.49. The largest absolute Gasteiger partial charge is 0.491 e. The Morgan fingerprint density at radius 2 is 2.06 bits per heavy atom. The molecule has 90 valence electrons. The number of halogens is 3. The molecule has 1 rings (SSSR count). The predicted molar refractivity (Wildman–Crippen MR) is 47.3 cm³/mol. The number of ether oxygens (including phenoxy) is 1. The average molecular weight is 237 g/mol. The second-order valence-corrected chi connectivity index (χ2v) is 3.29. The molecule has 0 spiro atoms. The van der Waals surface area contributed by atoms with E-state index < -0.39 is 18.1 Å². The van der Waals surface area contributed by atoms with E-state index >= 15 is 0 Å². The predicted octanol–water partition coefficient (Wildman–Crippen LogP) is 0.928. The Bertz CT molecular complexity index is 314. The summed E-state index contributed by atoms with van der Waals surface area (Å²) in [4.78, 5) is 21.2. The smallest absolute Gasteiger partial charge is 0.383 e. The monoisotopic (exact) mass is 237 g/mol. The molecule has 1 aliphatic heterocycles. The first-order chi connectivity index (χ1) is 7.39. The van der Waals surface area contributed by atoms with Gasteiger partial charge in [-0.25, -0.2) is 9.59 Å². The van der Waals surface area contributed by atoms with E-state index in [1.54, 1.807) is 0 Å². The van der Waals surface area contributed by atoms with E-state index in [2.05, 4.69) is 10.1 Å². The van der Waals surface area contributed by atoms with Gasteiger partial charge in [0.2, 0.25) is 0 Å². The topological polar surface area (TPSA) is 55.4 Å². The molecule has 0 aromatic rings. The molecular formula is C9H10F3NO3. The van der Waals surface area contributed by atoms with E-state index in [0.717, 1.165) is 19.0 Å². The number of rotatable bonds is 1. The molecule has 1 aliphatic rings. The highest BCUT2D eigenvalue weighted by Crippen LogP contribution is 2.17. The second-order valence-electron chi connectivity index (χ2n) is 3.29. The fourth-order valence-corrected chi connectivity index (χ4v) is 1.25. The highest BCUT2D eigenvalue weighted by molar-refractivity contribution is 5.94. The van der Waals surface area contributed by atoms with Crippen LogP contribution in [-0.4, -0.2) is 31.2 Å². The van der Waals surface area contributed by atoms with Crippen LogP contribution >= 0.6 is 0 Å². The summed E-state index contributed by atoms with van der Waals surface area (Å²) in [6, 6.07) is 0. The number of hydrogen-bond acceptors (Lipinski definition) is 4. The lowest BCUT2D eigenvalue weighted by molar-refractivity contribution is -0.200. The minimum Gasteiger partial charge on any atom is -0.383 e. The van der Waals surface area contributed by atoms with E-state index in [1.807, 2.05) is 0 Å². The molecule has 7 heteroatoms. The van der Waals surface area contributed by atoms with E-state index in [1.165, 1.54) is 0 Å². The molecule has 0 radical (unpaired) electrons. The molecule has 1 saturated heterocycles. The lowest BCUT2D eigenvalue weighted by Crippen LogP contribution is -2.28. The van der Waals surface area contributed by atoms with Crippen LogP contribution in [0.4, 0.5) is 13.2 Å². The Kier molecular flexibility index (Phi) is 4.05. The summed E-state index contributed by atoms with van der Waals surface area (Å²) in [7, 11) is 0. The Morgan fingerprint density at radius 1 is 1.38 bits per heavy atom. The maximum Gasteiger partial charge on any atom is 0.491 e. The first-order valence-electron chi connectivity index (χ1n) is 4.63. The SMILES string of the molecule is O=C(/C=C1\CCCNC1)OC(=O)C(F)(F)F. The standard InChI is InChI=1S/C9H10F3NO3/c10-9(11,12)8(15)16-7(14)4-6-2-1-3-13-5-6/h4,13H,1-3,5H2/b6-4+. The van der Waals surface area contributed by atoms with Crippen LogP contribution < -0.4 is 5.32 Å². The van der Waals surface area contributed by atoms with Crippen LogP contribution in [0, 0.1) is 0 Å². The lowest BCUT2D eigenvalue weighted by atomic mass is 10.1. The number of carbonyl (C=O) groups is 2. The molecule has 1 N–H and O–H groups in total. The third-order valence-corrected chi connectivity index (χ3v) is 1.95. The normalized spacial score (nSPS) is 19.6. The van der Waals surface area contributed by atoms with Crippen LogP contribution in [0.15, 0.2) is 11.6 Å². The van der Waals surface area contributed by atoms with E-state index in [9.17, 15) is 22.8 Å². The molecular weight excluding hydrogens is 227 g/mol. The number of hydrogen-bond donors (Lipinski definition) is 1. The average Bonchev–Trinajstić information content (AvgIpc) is 2.17. The molecule has 0 saturated carbocycles. The van der Waals surface area contributed by atoms with Gasteiger partial charge in [-0.3, -0.25) is 0 Å². The molecule has 0 aromatic carbocycles. The summed E-state index contributed by atoms with van der Waals surface area (Å²) < 4.78 is 38.8. The summed E-state index contributed by atoms with van der Waals surface area (Å²) in [6.45, 7) is 1.23. The first kappa shape index (κ1) is 12.7. The summed E-state index contributed by atoms with van der Waals surface area (Å²) in [5.41, 5.74) is 0.631. The van der Waals surface area contributed by atoms with Gasteiger partial charge in [-0.2, -0.15) is 13.2 Å². The van der Waals surface area contributed by atoms with E-state index in [4.69, 9.17) is 0 Å². The van der Waals surface area contributed by atoms with E-state index in [0.29, 0.717) is 18.5 Å². The molecule has 0 unspecified atom stereocenters. The maximum atomic E-state index is 11.7. The fourth-order valence-electron chi connectivity index (χ4n) is 1.25.